The Kier molecular flexibility index (Phi) is 5.12. The molecule has 4 aliphatic rings. The van der Waals surface area contributed by atoms with Gasteiger partial charge in [0.15, 0.2) is 0 Å². The zero-order valence-electron chi connectivity index (χ0n) is 16.7. The molecule has 4 saturated heterocycles. The summed E-state index contributed by atoms with van der Waals surface area (Å²) in [5, 5.41) is 10.3. The smallest absolute Gasteiger partial charge is 0.216 e. The van der Waals surface area contributed by atoms with E-state index >= 15 is 0 Å². The Morgan fingerprint density at radius 2 is 1.88 bits per heavy atom. The van der Waals surface area contributed by atoms with Gasteiger partial charge >= 0.3 is 0 Å². The first kappa shape index (κ1) is 19.1. The van der Waals surface area contributed by atoms with E-state index in [1.807, 2.05) is 25.7 Å². The zero-order chi connectivity index (χ0) is 18.4. The van der Waals surface area contributed by atoms with E-state index in [1.54, 1.807) is 0 Å². The third-order valence-electron chi connectivity index (χ3n) is 6.84. The van der Waals surface area contributed by atoms with Crippen molar-refractivity contribution in [2.45, 2.75) is 76.5 Å². The zero-order valence-corrected chi connectivity index (χ0v) is 16.7. The van der Waals surface area contributed by atoms with Gasteiger partial charge in [0.2, 0.25) is 6.41 Å². The summed E-state index contributed by atoms with van der Waals surface area (Å²) in [5.74, 6) is 0. The number of nitrogens with zero attached hydrogens (tertiary/aromatic N) is 2. The Morgan fingerprint density at radius 3 is 2.54 bits per heavy atom. The van der Waals surface area contributed by atoms with Gasteiger partial charge < -0.3 is 19.3 Å². The van der Waals surface area contributed by atoms with Crippen molar-refractivity contribution in [1.29, 1.82) is 0 Å². The monoisotopic (exact) mass is 368 g/mol. The van der Waals surface area contributed by atoms with Gasteiger partial charge in [0, 0.05) is 37.7 Å². The summed E-state index contributed by atoms with van der Waals surface area (Å²) in [6, 6.07) is 0.553. The van der Waals surface area contributed by atoms with Gasteiger partial charge in [0.25, 0.3) is 0 Å². The summed E-state index contributed by atoms with van der Waals surface area (Å²) in [5.41, 5.74) is 0.0945. The molecule has 0 bridgehead atoms. The normalized spacial score (nSPS) is 37.2. The van der Waals surface area contributed by atoms with E-state index in [4.69, 9.17) is 14.2 Å². The van der Waals surface area contributed by atoms with Crippen LogP contribution in [0.2, 0.25) is 0 Å². The molecule has 6 nitrogen and oxygen atoms in total. The van der Waals surface area contributed by atoms with Crippen LogP contribution in [0.3, 0.4) is 0 Å². The second-order valence-electron chi connectivity index (χ2n) is 9.97. The van der Waals surface area contributed by atoms with E-state index < -0.39 is 6.41 Å². The highest BCUT2D eigenvalue weighted by Gasteiger charge is 2.49. The van der Waals surface area contributed by atoms with Crippen LogP contribution in [0, 0.1) is 5.41 Å². The Balaban J connectivity index is 1.28. The molecule has 3 unspecified atom stereocenters. The van der Waals surface area contributed by atoms with Crippen LogP contribution in [0.15, 0.2) is 0 Å². The van der Waals surface area contributed by atoms with E-state index in [-0.39, 0.29) is 11.2 Å². The van der Waals surface area contributed by atoms with Crippen molar-refractivity contribution in [3.8, 4) is 0 Å². The summed E-state index contributed by atoms with van der Waals surface area (Å²) < 4.78 is 17.7. The Hall–Kier alpha value is -0.240. The lowest BCUT2D eigenvalue weighted by Gasteiger charge is -2.41. The minimum absolute atomic E-state index is 0.00451. The largest absolute Gasteiger partial charge is 0.381 e. The molecule has 0 saturated carbocycles. The molecule has 4 fully saturated rings. The number of aliphatic hydroxyl groups is 1. The van der Waals surface area contributed by atoms with Gasteiger partial charge in [-0.1, -0.05) is 0 Å². The average molecular weight is 369 g/mol. The van der Waals surface area contributed by atoms with Crippen LogP contribution >= 0.6 is 0 Å². The first-order valence-corrected chi connectivity index (χ1v) is 10.3. The van der Waals surface area contributed by atoms with E-state index in [1.165, 1.54) is 25.9 Å². The lowest BCUT2D eigenvalue weighted by atomic mass is 9.86. The second kappa shape index (κ2) is 6.98. The molecule has 0 aromatic heterocycles. The van der Waals surface area contributed by atoms with E-state index in [0.29, 0.717) is 11.5 Å². The molecule has 150 valence electrons. The van der Waals surface area contributed by atoms with Crippen LogP contribution in [-0.2, 0) is 14.2 Å². The summed E-state index contributed by atoms with van der Waals surface area (Å²) >= 11 is 0. The molecule has 4 aliphatic heterocycles. The molecule has 0 aliphatic carbocycles. The van der Waals surface area contributed by atoms with Crippen molar-refractivity contribution in [2.75, 3.05) is 46.0 Å². The molecule has 26 heavy (non-hydrogen) atoms. The van der Waals surface area contributed by atoms with E-state index in [9.17, 15) is 5.11 Å². The lowest BCUT2D eigenvalue weighted by molar-refractivity contribution is -0.248. The fourth-order valence-corrected chi connectivity index (χ4v) is 5.20. The van der Waals surface area contributed by atoms with Crippen molar-refractivity contribution in [3.05, 3.63) is 0 Å². The van der Waals surface area contributed by atoms with E-state index in [0.717, 1.165) is 52.2 Å². The highest BCUT2D eigenvalue weighted by Crippen LogP contribution is 2.43. The predicted molar refractivity (Wildman–Crippen MR) is 98.8 cm³/mol. The standard InChI is InChI=1S/C20H36N2O4/c1-18(2,3)26-17(23)21-9-5-20(6-10-21)12-16(13-25-20)22-8-4-19(14-22)7-11-24-15-19/h16-17,23H,4-15H2,1-3H3. The number of piperidine rings is 1. The number of likely N-dealkylation sites (tertiary alicyclic amines) is 2. The molecule has 4 rings (SSSR count). The van der Waals surface area contributed by atoms with Gasteiger partial charge in [-0.25, -0.2) is 0 Å². The molecule has 1 N–H and O–H groups in total. The maximum atomic E-state index is 10.3. The minimum atomic E-state index is -0.814. The molecule has 0 amide bonds. The van der Waals surface area contributed by atoms with Crippen molar-refractivity contribution >= 4 is 0 Å². The number of ether oxygens (including phenoxy) is 3. The SMILES string of the molecule is CC(C)(C)OC(O)N1CCC2(CC1)CC(N1CCC3(CCOC3)C1)CO2. The maximum Gasteiger partial charge on any atom is 0.216 e. The minimum Gasteiger partial charge on any atom is -0.381 e. The van der Waals surface area contributed by atoms with Crippen molar-refractivity contribution in [1.82, 2.24) is 9.80 Å². The van der Waals surface area contributed by atoms with Crippen LogP contribution < -0.4 is 0 Å². The van der Waals surface area contributed by atoms with Gasteiger partial charge in [-0.2, -0.15) is 0 Å². The van der Waals surface area contributed by atoms with Gasteiger partial charge in [-0.3, -0.25) is 9.80 Å². The highest BCUT2D eigenvalue weighted by molar-refractivity contribution is 5.01. The molecule has 0 aromatic carbocycles. The van der Waals surface area contributed by atoms with Crippen molar-refractivity contribution < 1.29 is 19.3 Å². The first-order chi connectivity index (χ1) is 12.3. The van der Waals surface area contributed by atoms with Gasteiger partial charge in [-0.15, -0.1) is 0 Å². The third kappa shape index (κ3) is 3.96. The van der Waals surface area contributed by atoms with Crippen LogP contribution in [-0.4, -0.2) is 84.6 Å². The fraction of sp³-hybridized carbons (Fsp3) is 1.00. The number of hydrogen-bond donors (Lipinski definition) is 1. The van der Waals surface area contributed by atoms with Gasteiger partial charge in [0.1, 0.15) is 0 Å². The molecular formula is C20H36N2O4. The van der Waals surface area contributed by atoms with Crippen molar-refractivity contribution in [2.24, 2.45) is 5.41 Å². The van der Waals surface area contributed by atoms with Crippen LogP contribution in [0.25, 0.3) is 0 Å². The molecule has 4 heterocycles. The fourth-order valence-electron chi connectivity index (χ4n) is 5.20. The molecule has 2 spiro atoms. The van der Waals surface area contributed by atoms with Crippen molar-refractivity contribution in [3.63, 3.8) is 0 Å². The van der Waals surface area contributed by atoms with Gasteiger partial charge in [-0.05, 0) is 59.4 Å². The first-order valence-electron chi connectivity index (χ1n) is 10.3. The number of hydrogen-bond acceptors (Lipinski definition) is 6. The van der Waals surface area contributed by atoms with Crippen LogP contribution in [0.5, 0.6) is 0 Å². The number of aliphatic hydroxyl groups excluding tert-OH is 1. The lowest BCUT2D eigenvalue weighted by Crippen LogP contribution is -2.50. The molecular weight excluding hydrogens is 332 g/mol. The molecule has 0 aromatic rings. The summed E-state index contributed by atoms with van der Waals surface area (Å²) in [6.07, 6.45) is 4.79. The third-order valence-corrected chi connectivity index (χ3v) is 6.84. The quantitative estimate of drug-likeness (QED) is 0.767. The van der Waals surface area contributed by atoms with Gasteiger partial charge in [0.05, 0.1) is 24.4 Å². The Labute approximate surface area is 157 Å². The summed E-state index contributed by atoms with van der Waals surface area (Å²) in [6.45, 7) is 12.7. The maximum absolute atomic E-state index is 10.3. The topological polar surface area (TPSA) is 54.4 Å². The Bertz CT molecular complexity index is 493. The van der Waals surface area contributed by atoms with Crippen LogP contribution in [0.4, 0.5) is 0 Å². The molecule has 6 heteroatoms. The molecule has 0 radical (unpaired) electrons. The highest BCUT2D eigenvalue weighted by atomic mass is 16.6. The second-order valence-corrected chi connectivity index (χ2v) is 9.97. The summed E-state index contributed by atoms with van der Waals surface area (Å²) in [7, 11) is 0. The molecule has 3 atom stereocenters. The predicted octanol–water partition coefficient (Wildman–Crippen LogP) is 1.81. The average Bonchev–Trinajstić information content (AvgIpc) is 3.29. The summed E-state index contributed by atoms with van der Waals surface area (Å²) in [4.78, 5) is 4.70. The van der Waals surface area contributed by atoms with E-state index in [2.05, 4.69) is 4.90 Å². The number of rotatable bonds is 3. The van der Waals surface area contributed by atoms with Crippen LogP contribution in [0.1, 0.15) is 52.9 Å². The Morgan fingerprint density at radius 1 is 1.12 bits per heavy atom.